The van der Waals surface area contributed by atoms with Crippen molar-refractivity contribution in [1.29, 1.82) is 0 Å². The molecule has 1 aromatic carbocycles. The van der Waals surface area contributed by atoms with Crippen molar-refractivity contribution in [2.24, 2.45) is 0 Å². The predicted molar refractivity (Wildman–Crippen MR) is 93.2 cm³/mol. The van der Waals surface area contributed by atoms with Crippen LogP contribution in [0.15, 0.2) is 47.1 Å². The highest BCUT2D eigenvalue weighted by molar-refractivity contribution is 9.10. The molecule has 0 unspecified atom stereocenters. The average Bonchev–Trinajstić information content (AvgIpc) is 2.62. The molecule has 0 bridgehead atoms. The summed E-state index contributed by atoms with van der Waals surface area (Å²) < 4.78 is 1.06. The first-order chi connectivity index (χ1) is 11.5. The molecule has 0 saturated carbocycles. The van der Waals surface area contributed by atoms with Crippen molar-refractivity contribution in [3.63, 3.8) is 0 Å². The van der Waals surface area contributed by atoms with Crippen LogP contribution in [0.1, 0.15) is 45.2 Å². The molecule has 124 valence electrons. The van der Waals surface area contributed by atoms with Crippen molar-refractivity contribution in [2.45, 2.75) is 18.8 Å². The number of aromatic nitrogens is 1. The van der Waals surface area contributed by atoms with Gasteiger partial charge in [-0.1, -0.05) is 28.1 Å². The van der Waals surface area contributed by atoms with Crippen molar-refractivity contribution in [3.8, 4) is 0 Å². The molecule has 1 aliphatic heterocycles. The molecule has 1 N–H and O–H groups in total. The highest BCUT2D eigenvalue weighted by atomic mass is 79.9. The van der Waals surface area contributed by atoms with E-state index in [1.165, 1.54) is 23.9 Å². The number of halogens is 1. The highest BCUT2D eigenvalue weighted by Crippen LogP contribution is 2.29. The summed E-state index contributed by atoms with van der Waals surface area (Å²) in [4.78, 5) is 29.3. The van der Waals surface area contributed by atoms with Crippen LogP contribution in [0.4, 0.5) is 0 Å². The minimum Gasteiger partial charge on any atom is -0.478 e. The van der Waals surface area contributed by atoms with Gasteiger partial charge in [0.05, 0.1) is 5.56 Å². The van der Waals surface area contributed by atoms with E-state index in [1.807, 2.05) is 12.1 Å². The van der Waals surface area contributed by atoms with E-state index in [-0.39, 0.29) is 17.2 Å². The lowest BCUT2D eigenvalue weighted by Gasteiger charge is -2.32. The first-order valence-corrected chi connectivity index (χ1v) is 8.58. The second-order valence-corrected chi connectivity index (χ2v) is 6.77. The van der Waals surface area contributed by atoms with Gasteiger partial charge in [-0.3, -0.25) is 9.78 Å². The minimum absolute atomic E-state index is 0.0816. The molecule has 1 aliphatic rings. The van der Waals surface area contributed by atoms with Gasteiger partial charge >= 0.3 is 5.97 Å². The number of carbonyl (C=O) groups is 2. The van der Waals surface area contributed by atoms with Crippen LogP contribution >= 0.6 is 15.9 Å². The Labute approximate surface area is 148 Å². The van der Waals surface area contributed by atoms with Gasteiger partial charge in [0.25, 0.3) is 5.91 Å². The van der Waals surface area contributed by atoms with Crippen LogP contribution in [-0.4, -0.2) is 40.0 Å². The van der Waals surface area contributed by atoms with E-state index in [2.05, 4.69) is 33.0 Å². The molecule has 24 heavy (non-hydrogen) atoms. The summed E-state index contributed by atoms with van der Waals surface area (Å²) in [5, 5.41) is 9.03. The Bertz CT molecular complexity index is 753. The zero-order valence-corrected chi connectivity index (χ0v) is 14.6. The summed E-state index contributed by atoms with van der Waals surface area (Å²) in [7, 11) is 0. The third kappa shape index (κ3) is 3.64. The molecular formula is C18H17BrN2O3. The van der Waals surface area contributed by atoms with E-state index < -0.39 is 5.97 Å². The van der Waals surface area contributed by atoms with Gasteiger partial charge in [0.2, 0.25) is 0 Å². The first kappa shape index (κ1) is 16.6. The highest BCUT2D eigenvalue weighted by Gasteiger charge is 2.25. The lowest BCUT2D eigenvalue weighted by atomic mass is 9.89. The van der Waals surface area contributed by atoms with Gasteiger partial charge in [0.1, 0.15) is 5.69 Å². The second kappa shape index (κ2) is 7.13. The first-order valence-electron chi connectivity index (χ1n) is 7.78. The van der Waals surface area contributed by atoms with Crippen molar-refractivity contribution < 1.29 is 14.7 Å². The fourth-order valence-electron chi connectivity index (χ4n) is 2.99. The molecule has 3 rings (SSSR count). The number of rotatable bonds is 3. The lowest BCUT2D eigenvalue weighted by molar-refractivity contribution is 0.0696. The molecule has 5 nitrogen and oxygen atoms in total. The Morgan fingerprint density at radius 1 is 1.12 bits per heavy atom. The molecule has 6 heteroatoms. The predicted octanol–water partition coefficient (Wildman–Crippen LogP) is 3.56. The molecule has 0 aliphatic carbocycles. The molecule has 0 radical (unpaired) electrons. The number of likely N-dealkylation sites (tertiary alicyclic amines) is 1. The van der Waals surface area contributed by atoms with E-state index in [1.54, 1.807) is 4.90 Å². The van der Waals surface area contributed by atoms with Gasteiger partial charge in [0.15, 0.2) is 0 Å². The number of piperidine rings is 1. The maximum atomic E-state index is 12.5. The van der Waals surface area contributed by atoms with E-state index in [9.17, 15) is 9.59 Å². The quantitative estimate of drug-likeness (QED) is 0.872. The topological polar surface area (TPSA) is 70.5 Å². The summed E-state index contributed by atoms with van der Waals surface area (Å²) in [6.45, 7) is 1.30. The van der Waals surface area contributed by atoms with Gasteiger partial charge in [-0.25, -0.2) is 4.79 Å². The van der Waals surface area contributed by atoms with Gasteiger partial charge < -0.3 is 10.0 Å². The third-order valence-corrected chi connectivity index (χ3v) is 4.88. The van der Waals surface area contributed by atoms with Crippen LogP contribution in [0.2, 0.25) is 0 Å². The third-order valence-electron chi connectivity index (χ3n) is 4.35. The summed E-state index contributed by atoms with van der Waals surface area (Å²) in [6, 6.07) is 11.0. The van der Waals surface area contributed by atoms with Crippen LogP contribution in [0.3, 0.4) is 0 Å². The second-order valence-electron chi connectivity index (χ2n) is 5.85. The Kier molecular flexibility index (Phi) is 4.94. The van der Waals surface area contributed by atoms with Crippen LogP contribution in [0.25, 0.3) is 0 Å². The largest absolute Gasteiger partial charge is 0.478 e. The fraction of sp³-hybridized carbons (Fsp3) is 0.278. The number of pyridine rings is 1. The zero-order chi connectivity index (χ0) is 17.1. The van der Waals surface area contributed by atoms with Crippen LogP contribution in [0.5, 0.6) is 0 Å². The van der Waals surface area contributed by atoms with Crippen molar-refractivity contribution in [2.75, 3.05) is 13.1 Å². The molecule has 1 fully saturated rings. The molecule has 0 atom stereocenters. The standard InChI is InChI=1S/C18H17BrN2O3/c19-15-3-1-12(2-4-15)13-6-9-21(10-7-13)17(22)16-11-14(18(23)24)5-8-20-16/h1-5,8,11,13H,6-7,9-10H2,(H,23,24). The summed E-state index contributed by atoms with van der Waals surface area (Å²) in [6.07, 6.45) is 3.16. The maximum Gasteiger partial charge on any atom is 0.335 e. The van der Waals surface area contributed by atoms with E-state index >= 15 is 0 Å². The van der Waals surface area contributed by atoms with Crippen molar-refractivity contribution in [1.82, 2.24) is 9.88 Å². The normalized spacial score (nSPS) is 15.3. The summed E-state index contributed by atoms with van der Waals surface area (Å²) in [5.74, 6) is -0.812. The Morgan fingerprint density at radius 2 is 1.79 bits per heavy atom. The monoisotopic (exact) mass is 388 g/mol. The lowest BCUT2D eigenvalue weighted by Crippen LogP contribution is -2.38. The number of carbonyl (C=O) groups excluding carboxylic acids is 1. The van der Waals surface area contributed by atoms with Crippen molar-refractivity contribution in [3.05, 3.63) is 63.9 Å². The zero-order valence-electron chi connectivity index (χ0n) is 13.0. The number of nitrogens with zero attached hydrogens (tertiary/aromatic N) is 2. The van der Waals surface area contributed by atoms with E-state index in [0.29, 0.717) is 19.0 Å². The number of aromatic carboxylic acids is 1. The SMILES string of the molecule is O=C(O)c1ccnc(C(=O)N2CCC(c3ccc(Br)cc3)CC2)c1. The number of hydrogen-bond acceptors (Lipinski definition) is 3. The number of amides is 1. The van der Waals surface area contributed by atoms with Gasteiger partial charge in [0, 0.05) is 23.8 Å². The summed E-state index contributed by atoms with van der Waals surface area (Å²) >= 11 is 3.44. The number of hydrogen-bond donors (Lipinski definition) is 1. The molecule has 1 amide bonds. The fourth-order valence-corrected chi connectivity index (χ4v) is 3.26. The van der Waals surface area contributed by atoms with E-state index in [0.717, 1.165) is 17.3 Å². The number of benzene rings is 1. The molecule has 0 spiro atoms. The molecule has 1 saturated heterocycles. The Morgan fingerprint density at radius 3 is 2.42 bits per heavy atom. The van der Waals surface area contributed by atoms with Crippen molar-refractivity contribution >= 4 is 27.8 Å². The Balaban J connectivity index is 1.66. The van der Waals surface area contributed by atoms with E-state index in [4.69, 9.17) is 5.11 Å². The number of carboxylic acid groups (broad SMARTS) is 1. The molecule has 1 aromatic heterocycles. The van der Waals surface area contributed by atoms with Crippen LogP contribution in [0, 0.1) is 0 Å². The van der Waals surface area contributed by atoms with Gasteiger partial charge in [-0.05, 0) is 48.6 Å². The maximum absolute atomic E-state index is 12.5. The van der Waals surface area contributed by atoms with Gasteiger partial charge in [-0.15, -0.1) is 0 Å². The van der Waals surface area contributed by atoms with Crippen LogP contribution in [-0.2, 0) is 0 Å². The summed E-state index contributed by atoms with van der Waals surface area (Å²) in [5.41, 5.74) is 1.56. The Hall–Kier alpha value is -2.21. The minimum atomic E-state index is -1.06. The molecule has 2 aromatic rings. The molecular weight excluding hydrogens is 372 g/mol. The van der Waals surface area contributed by atoms with Crippen LogP contribution < -0.4 is 0 Å². The smallest absolute Gasteiger partial charge is 0.335 e. The van der Waals surface area contributed by atoms with Gasteiger partial charge in [-0.2, -0.15) is 0 Å². The number of carboxylic acids is 1. The average molecular weight is 389 g/mol. The molecule has 2 heterocycles.